The minimum atomic E-state index is -3.53. The molecule has 0 unspecified atom stereocenters. The zero-order valence-corrected chi connectivity index (χ0v) is 20.0. The van der Waals surface area contributed by atoms with Gasteiger partial charge in [0, 0.05) is 19.6 Å². The number of anilines is 1. The number of sulfonamides is 1. The number of likely N-dealkylation sites (tertiary alicyclic amines) is 1. The summed E-state index contributed by atoms with van der Waals surface area (Å²) < 4.78 is 32.9. The maximum atomic E-state index is 13.6. The van der Waals surface area contributed by atoms with Crippen molar-refractivity contribution in [3.8, 4) is 0 Å². The molecule has 0 atom stereocenters. The van der Waals surface area contributed by atoms with Gasteiger partial charge in [-0.1, -0.05) is 30.3 Å². The number of carbonyl (C=O) groups excluding carboxylic acids is 2. The van der Waals surface area contributed by atoms with Crippen LogP contribution in [0.2, 0.25) is 0 Å². The lowest BCUT2D eigenvalue weighted by Crippen LogP contribution is -2.40. The lowest BCUT2D eigenvalue weighted by molar-refractivity contribution is -0.146. The first-order chi connectivity index (χ1) is 16.2. The van der Waals surface area contributed by atoms with Gasteiger partial charge >= 0.3 is 5.97 Å². The summed E-state index contributed by atoms with van der Waals surface area (Å²) in [6.07, 6.45) is 4.55. The fraction of sp³-hybridized carbons (Fsp3) is 0.375. The molecule has 1 N–H and O–H groups in total. The van der Waals surface area contributed by atoms with E-state index in [0.717, 1.165) is 18.2 Å². The molecule has 10 heteroatoms. The van der Waals surface area contributed by atoms with Crippen LogP contribution in [0.4, 0.5) is 5.69 Å². The Morgan fingerprint density at radius 2 is 1.85 bits per heavy atom. The molecule has 0 saturated carbocycles. The molecule has 0 radical (unpaired) electrons. The number of hydrogen-bond acceptors (Lipinski definition) is 6. The van der Waals surface area contributed by atoms with Gasteiger partial charge in [0.1, 0.15) is 0 Å². The molecule has 180 valence electrons. The average molecular weight is 485 g/mol. The number of hydrogen-bond donors (Lipinski definition) is 1. The van der Waals surface area contributed by atoms with Gasteiger partial charge in [0.25, 0.3) is 5.91 Å². The second-order valence-electron chi connectivity index (χ2n) is 8.53. The molecule has 0 aliphatic carbocycles. The Labute approximate surface area is 198 Å². The summed E-state index contributed by atoms with van der Waals surface area (Å²) in [4.78, 5) is 31.6. The Hall–Kier alpha value is -3.40. The summed E-state index contributed by atoms with van der Waals surface area (Å²) in [7, 11) is -2.16. The van der Waals surface area contributed by atoms with Crippen LogP contribution in [0.15, 0.2) is 48.8 Å². The predicted molar refractivity (Wildman–Crippen MR) is 129 cm³/mol. The highest BCUT2D eigenvalue weighted by atomic mass is 32.2. The van der Waals surface area contributed by atoms with Crippen molar-refractivity contribution < 1.29 is 22.7 Å². The van der Waals surface area contributed by atoms with Gasteiger partial charge in [-0.05, 0) is 37.0 Å². The molecule has 0 spiro atoms. The number of rotatable bonds is 7. The highest BCUT2D eigenvalue weighted by Gasteiger charge is 2.30. The van der Waals surface area contributed by atoms with Crippen LogP contribution >= 0.6 is 0 Å². The van der Waals surface area contributed by atoms with Crippen LogP contribution < -0.4 is 4.72 Å². The van der Waals surface area contributed by atoms with E-state index >= 15 is 0 Å². The van der Waals surface area contributed by atoms with Crippen molar-refractivity contribution in [1.29, 1.82) is 0 Å². The maximum Gasteiger partial charge on any atom is 0.308 e. The van der Waals surface area contributed by atoms with Gasteiger partial charge in [0.15, 0.2) is 0 Å². The molecule has 3 aromatic rings. The number of esters is 1. The minimum absolute atomic E-state index is 0.216. The van der Waals surface area contributed by atoms with Crippen molar-refractivity contribution in [2.24, 2.45) is 5.92 Å². The summed E-state index contributed by atoms with van der Waals surface area (Å²) in [5.41, 5.74) is 3.03. The lowest BCUT2D eigenvalue weighted by atomic mass is 9.96. The molecule has 2 heterocycles. The third kappa shape index (κ3) is 5.39. The van der Waals surface area contributed by atoms with Crippen LogP contribution in [-0.4, -0.2) is 61.2 Å². The van der Waals surface area contributed by atoms with Crippen molar-refractivity contribution in [1.82, 2.24) is 14.5 Å². The smallest absolute Gasteiger partial charge is 0.308 e. The number of nitrogens with one attached hydrogen (secondary N) is 1. The highest BCUT2D eigenvalue weighted by molar-refractivity contribution is 7.92. The molecule has 1 aliphatic heterocycles. The third-order valence-electron chi connectivity index (χ3n) is 6.05. The van der Waals surface area contributed by atoms with E-state index in [1.807, 2.05) is 34.9 Å². The topological polar surface area (TPSA) is 111 Å². The molecule has 1 amide bonds. The molecule has 34 heavy (non-hydrogen) atoms. The van der Waals surface area contributed by atoms with Crippen LogP contribution in [0.5, 0.6) is 0 Å². The van der Waals surface area contributed by atoms with Crippen molar-refractivity contribution in [2.75, 3.05) is 31.2 Å². The lowest BCUT2D eigenvalue weighted by Gasteiger charge is -2.31. The second-order valence-corrected chi connectivity index (χ2v) is 10.3. The van der Waals surface area contributed by atoms with E-state index in [4.69, 9.17) is 4.74 Å². The number of amides is 1. The van der Waals surface area contributed by atoms with Gasteiger partial charge in [-0.3, -0.25) is 14.3 Å². The van der Waals surface area contributed by atoms with Crippen molar-refractivity contribution >= 4 is 38.6 Å². The number of ether oxygens (including phenoxy) is 1. The van der Waals surface area contributed by atoms with Crippen LogP contribution in [0, 0.1) is 5.92 Å². The normalized spacial score (nSPS) is 14.8. The first-order valence-electron chi connectivity index (χ1n) is 11.1. The molecule has 1 aliphatic rings. The van der Waals surface area contributed by atoms with E-state index < -0.39 is 10.0 Å². The second kappa shape index (κ2) is 9.84. The van der Waals surface area contributed by atoms with E-state index in [1.165, 1.54) is 7.11 Å². The van der Waals surface area contributed by atoms with Gasteiger partial charge in [-0.25, -0.2) is 13.4 Å². The van der Waals surface area contributed by atoms with Gasteiger partial charge in [-0.15, -0.1) is 0 Å². The maximum absolute atomic E-state index is 13.6. The number of carbonyl (C=O) groups is 2. The van der Waals surface area contributed by atoms with Crippen LogP contribution in [-0.2, 0) is 32.5 Å². The summed E-state index contributed by atoms with van der Waals surface area (Å²) >= 11 is 0. The Bertz CT molecular complexity index is 1300. The quantitative estimate of drug-likeness (QED) is 0.516. The van der Waals surface area contributed by atoms with Gasteiger partial charge in [0.05, 0.1) is 47.9 Å². The molecule has 1 fully saturated rings. The van der Waals surface area contributed by atoms with Crippen LogP contribution in [0.1, 0.15) is 28.8 Å². The number of benzene rings is 2. The Morgan fingerprint density at radius 3 is 2.50 bits per heavy atom. The first-order valence-corrected chi connectivity index (χ1v) is 13.0. The molecule has 4 rings (SSSR count). The third-order valence-corrected chi connectivity index (χ3v) is 6.65. The molecular weight excluding hydrogens is 456 g/mol. The molecule has 2 aromatic carbocycles. The molecule has 9 nitrogen and oxygen atoms in total. The van der Waals surface area contributed by atoms with Gasteiger partial charge < -0.3 is 14.2 Å². The van der Waals surface area contributed by atoms with Gasteiger partial charge in [-0.2, -0.15) is 0 Å². The fourth-order valence-electron chi connectivity index (χ4n) is 4.36. The SMILES string of the molecule is COC(=O)C1CCN(C(=O)c2cc(NS(C)(=O)=O)cc3ncn(CCc4ccccc4)c23)CC1. The number of piperidine rings is 1. The van der Waals surface area contributed by atoms with E-state index in [9.17, 15) is 18.0 Å². The van der Waals surface area contributed by atoms with E-state index in [2.05, 4.69) is 9.71 Å². The number of fused-ring (bicyclic) bond motifs is 1. The fourth-order valence-corrected chi connectivity index (χ4v) is 4.91. The standard InChI is InChI=1S/C24H28N4O5S/c1-33-24(30)18-9-12-27(13-10-18)23(29)20-14-19(26-34(2,31)32)15-21-22(20)28(16-25-21)11-8-17-6-4-3-5-7-17/h3-7,14-16,18,26H,8-13H2,1-2H3. The average Bonchev–Trinajstić information content (AvgIpc) is 3.24. The van der Waals surface area contributed by atoms with Crippen molar-refractivity contribution in [2.45, 2.75) is 25.8 Å². The zero-order valence-electron chi connectivity index (χ0n) is 19.2. The number of imidazole rings is 1. The largest absolute Gasteiger partial charge is 0.469 e. The molecule has 0 bridgehead atoms. The minimum Gasteiger partial charge on any atom is -0.469 e. The van der Waals surface area contributed by atoms with Crippen molar-refractivity contribution in [3.05, 3.63) is 59.9 Å². The summed E-state index contributed by atoms with van der Waals surface area (Å²) in [6.45, 7) is 1.45. The molecular formula is C24H28N4O5S. The van der Waals surface area contributed by atoms with Crippen LogP contribution in [0.25, 0.3) is 11.0 Å². The van der Waals surface area contributed by atoms with Crippen LogP contribution in [0.3, 0.4) is 0 Å². The Balaban J connectivity index is 1.66. The predicted octanol–water partition coefficient (Wildman–Crippen LogP) is 2.68. The van der Waals surface area contributed by atoms with E-state index in [1.54, 1.807) is 23.4 Å². The summed E-state index contributed by atoms with van der Waals surface area (Å²) in [5, 5.41) is 0. The number of aryl methyl sites for hydroxylation is 2. The number of nitrogens with zero attached hydrogens (tertiary/aromatic N) is 3. The van der Waals surface area contributed by atoms with E-state index in [0.29, 0.717) is 49.1 Å². The van der Waals surface area contributed by atoms with Crippen molar-refractivity contribution in [3.63, 3.8) is 0 Å². The van der Waals surface area contributed by atoms with Gasteiger partial charge in [0.2, 0.25) is 10.0 Å². The zero-order chi connectivity index (χ0) is 24.3. The number of aromatic nitrogens is 2. The Morgan fingerprint density at radius 1 is 1.15 bits per heavy atom. The molecule has 1 saturated heterocycles. The summed E-state index contributed by atoms with van der Waals surface area (Å²) in [5.74, 6) is -0.691. The monoisotopic (exact) mass is 484 g/mol. The summed E-state index contributed by atoms with van der Waals surface area (Å²) in [6, 6.07) is 13.2. The van der Waals surface area contributed by atoms with E-state index in [-0.39, 0.29) is 23.5 Å². The number of methoxy groups -OCH3 is 1. The molecule has 1 aromatic heterocycles. The first kappa shape index (κ1) is 23.7. The Kier molecular flexibility index (Phi) is 6.87. The highest BCUT2D eigenvalue weighted by Crippen LogP contribution is 2.28.